The van der Waals surface area contributed by atoms with Crippen LogP contribution in [0.2, 0.25) is 0 Å². The van der Waals surface area contributed by atoms with Crippen molar-refractivity contribution in [1.82, 2.24) is 14.5 Å². The molecule has 0 atom stereocenters. The van der Waals surface area contributed by atoms with Crippen LogP contribution in [0.25, 0.3) is 17.1 Å². The van der Waals surface area contributed by atoms with Crippen molar-refractivity contribution in [2.75, 3.05) is 0 Å². The molecule has 3 aromatic carbocycles. The minimum atomic E-state index is -0.122. The van der Waals surface area contributed by atoms with Gasteiger partial charge in [0.25, 0.3) is 5.56 Å². The molecular formula is C26H21N3O2. The minimum Gasteiger partial charge on any atom is -0.508 e. The van der Waals surface area contributed by atoms with Gasteiger partial charge in [-0.1, -0.05) is 72.8 Å². The van der Waals surface area contributed by atoms with Gasteiger partial charge in [0.15, 0.2) is 5.82 Å². The summed E-state index contributed by atoms with van der Waals surface area (Å²) in [4.78, 5) is 21.4. The fourth-order valence-corrected chi connectivity index (χ4v) is 3.82. The number of aromatic hydroxyl groups is 1. The predicted molar refractivity (Wildman–Crippen MR) is 121 cm³/mol. The quantitative estimate of drug-likeness (QED) is 0.449. The van der Waals surface area contributed by atoms with Gasteiger partial charge in [-0.25, -0.2) is 4.98 Å². The Morgan fingerprint density at radius 2 is 1.52 bits per heavy atom. The van der Waals surface area contributed by atoms with Gasteiger partial charge < -0.3 is 10.1 Å². The Bertz CT molecular complexity index is 1350. The van der Waals surface area contributed by atoms with E-state index in [0.717, 1.165) is 28.1 Å². The van der Waals surface area contributed by atoms with Crippen molar-refractivity contribution in [1.29, 1.82) is 0 Å². The van der Waals surface area contributed by atoms with Gasteiger partial charge in [0.2, 0.25) is 0 Å². The number of H-pyrrole nitrogens is 1. The third kappa shape index (κ3) is 3.85. The van der Waals surface area contributed by atoms with Crippen molar-refractivity contribution in [3.05, 3.63) is 124 Å². The molecular weight excluding hydrogens is 386 g/mol. The molecule has 2 aliphatic heterocycles. The van der Waals surface area contributed by atoms with Crippen molar-refractivity contribution >= 4 is 0 Å². The third-order valence-corrected chi connectivity index (χ3v) is 5.34. The molecule has 0 aliphatic carbocycles. The molecule has 31 heavy (non-hydrogen) atoms. The SMILES string of the molecule is O=c1c(Cc2ccccc2)nc2c(Cc3ccccc3)[nH]c(-c3cccc(O)c3)cn1-2. The number of hydrogen-bond donors (Lipinski definition) is 2. The van der Waals surface area contributed by atoms with Gasteiger partial charge in [-0.3, -0.25) is 9.36 Å². The lowest BCUT2D eigenvalue weighted by Gasteiger charge is -2.13. The van der Waals surface area contributed by atoms with Crippen LogP contribution in [0.1, 0.15) is 22.5 Å². The van der Waals surface area contributed by atoms with Gasteiger partial charge in [-0.15, -0.1) is 0 Å². The number of nitrogens with zero attached hydrogens (tertiary/aromatic N) is 2. The second-order valence-electron chi connectivity index (χ2n) is 7.58. The highest BCUT2D eigenvalue weighted by Gasteiger charge is 2.20. The summed E-state index contributed by atoms with van der Waals surface area (Å²) in [7, 11) is 0. The third-order valence-electron chi connectivity index (χ3n) is 5.34. The second kappa shape index (κ2) is 7.95. The smallest absolute Gasteiger partial charge is 0.278 e. The fraction of sp³-hybridized carbons (Fsp3) is 0.0769. The minimum absolute atomic E-state index is 0.122. The van der Waals surface area contributed by atoms with E-state index in [1.165, 1.54) is 0 Å². The topological polar surface area (TPSA) is 70.9 Å². The van der Waals surface area contributed by atoms with E-state index >= 15 is 0 Å². The van der Waals surface area contributed by atoms with E-state index in [-0.39, 0.29) is 11.3 Å². The monoisotopic (exact) mass is 407 g/mol. The molecule has 0 fully saturated rings. The Hall–Kier alpha value is -4.12. The lowest BCUT2D eigenvalue weighted by atomic mass is 10.1. The molecule has 2 N–H and O–H groups in total. The van der Waals surface area contributed by atoms with E-state index in [9.17, 15) is 9.90 Å². The molecule has 0 unspecified atom stereocenters. The molecule has 152 valence electrons. The summed E-state index contributed by atoms with van der Waals surface area (Å²) in [6.07, 6.45) is 2.86. The number of aromatic nitrogens is 3. The normalized spacial score (nSPS) is 11.1. The molecule has 2 aliphatic rings. The predicted octanol–water partition coefficient (Wildman–Crippen LogP) is 4.55. The van der Waals surface area contributed by atoms with Crippen LogP contribution in [-0.2, 0) is 12.8 Å². The second-order valence-corrected chi connectivity index (χ2v) is 7.58. The first-order chi connectivity index (χ1) is 15.2. The molecule has 0 radical (unpaired) electrons. The van der Waals surface area contributed by atoms with Crippen LogP contribution in [0.4, 0.5) is 0 Å². The maximum atomic E-state index is 13.2. The Morgan fingerprint density at radius 1 is 0.839 bits per heavy atom. The lowest BCUT2D eigenvalue weighted by Crippen LogP contribution is -2.17. The first kappa shape index (κ1) is 18.9. The molecule has 0 aromatic heterocycles. The standard InChI is InChI=1S/C26H21N3O2/c30-21-13-7-12-20(16-21)24-17-29-25(22(27-24)14-18-8-3-1-4-9-18)28-23(26(29)31)15-19-10-5-2-6-11-19/h1-13,16-17,27,30H,14-15H2. The molecule has 0 amide bonds. The van der Waals surface area contributed by atoms with Gasteiger partial charge in [-0.05, 0) is 23.3 Å². The number of phenolic OH excluding ortho intramolecular Hbond substituents is 1. The van der Waals surface area contributed by atoms with Crippen molar-refractivity contribution in [2.24, 2.45) is 0 Å². The summed E-state index contributed by atoms with van der Waals surface area (Å²) in [5.41, 5.74) is 4.96. The first-order valence-corrected chi connectivity index (χ1v) is 10.2. The van der Waals surface area contributed by atoms with E-state index in [1.54, 1.807) is 29.0 Å². The molecule has 2 heterocycles. The van der Waals surface area contributed by atoms with Crippen LogP contribution in [0, 0.1) is 0 Å². The van der Waals surface area contributed by atoms with Gasteiger partial charge in [0, 0.05) is 24.6 Å². The Labute approximate surface area is 179 Å². The number of nitrogens with one attached hydrogen (secondary N) is 1. The number of aromatic amines is 1. The van der Waals surface area contributed by atoms with Crippen LogP contribution in [0.15, 0.2) is 95.9 Å². The lowest BCUT2D eigenvalue weighted by molar-refractivity contribution is 0.475. The summed E-state index contributed by atoms with van der Waals surface area (Å²) in [6, 6.07) is 26.9. The molecule has 5 heteroatoms. The zero-order chi connectivity index (χ0) is 21.2. The van der Waals surface area contributed by atoms with Crippen molar-refractivity contribution in [3.8, 4) is 22.8 Å². The molecule has 0 saturated carbocycles. The highest BCUT2D eigenvalue weighted by atomic mass is 16.3. The first-order valence-electron chi connectivity index (χ1n) is 10.2. The zero-order valence-electron chi connectivity index (χ0n) is 16.8. The number of fused-ring (bicyclic) bond motifs is 1. The summed E-state index contributed by atoms with van der Waals surface area (Å²) in [5.74, 6) is 0.803. The highest BCUT2D eigenvalue weighted by Crippen LogP contribution is 2.25. The number of rotatable bonds is 5. The van der Waals surface area contributed by atoms with Gasteiger partial charge in [-0.2, -0.15) is 0 Å². The average Bonchev–Trinajstić information content (AvgIpc) is 3.11. The number of phenols is 1. The van der Waals surface area contributed by atoms with Crippen LogP contribution in [-0.4, -0.2) is 19.6 Å². The van der Waals surface area contributed by atoms with E-state index in [1.807, 2.05) is 54.6 Å². The summed E-state index contributed by atoms with van der Waals surface area (Å²) < 4.78 is 1.62. The number of imidazole rings is 1. The largest absolute Gasteiger partial charge is 0.508 e. The van der Waals surface area contributed by atoms with E-state index in [2.05, 4.69) is 17.1 Å². The van der Waals surface area contributed by atoms with Gasteiger partial charge >= 0.3 is 0 Å². The molecule has 3 aromatic rings. The van der Waals surface area contributed by atoms with Crippen LogP contribution >= 0.6 is 0 Å². The Balaban J connectivity index is 1.66. The maximum absolute atomic E-state index is 13.2. The zero-order valence-corrected chi connectivity index (χ0v) is 16.8. The number of benzene rings is 3. The van der Waals surface area contributed by atoms with Crippen molar-refractivity contribution in [2.45, 2.75) is 12.8 Å². The molecule has 5 nitrogen and oxygen atoms in total. The molecule has 0 bridgehead atoms. The molecule has 0 spiro atoms. The number of hydrogen-bond acceptors (Lipinski definition) is 3. The molecule has 0 saturated heterocycles. The van der Waals surface area contributed by atoms with E-state index in [4.69, 9.17) is 4.98 Å². The van der Waals surface area contributed by atoms with Crippen LogP contribution in [0.3, 0.4) is 0 Å². The van der Waals surface area contributed by atoms with Crippen LogP contribution in [0.5, 0.6) is 5.75 Å². The van der Waals surface area contributed by atoms with Crippen molar-refractivity contribution < 1.29 is 5.11 Å². The summed E-state index contributed by atoms with van der Waals surface area (Å²) in [5, 5.41) is 9.92. The highest BCUT2D eigenvalue weighted by molar-refractivity contribution is 5.62. The average molecular weight is 407 g/mol. The molecule has 5 rings (SSSR count). The summed E-state index contributed by atoms with van der Waals surface area (Å²) in [6.45, 7) is 0. The summed E-state index contributed by atoms with van der Waals surface area (Å²) >= 11 is 0. The Morgan fingerprint density at radius 3 is 2.19 bits per heavy atom. The van der Waals surface area contributed by atoms with E-state index < -0.39 is 0 Å². The van der Waals surface area contributed by atoms with Gasteiger partial charge in [0.1, 0.15) is 11.4 Å². The van der Waals surface area contributed by atoms with Gasteiger partial charge in [0.05, 0.1) is 11.4 Å². The van der Waals surface area contributed by atoms with E-state index in [0.29, 0.717) is 24.4 Å². The maximum Gasteiger partial charge on any atom is 0.278 e. The Kier molecular flexibility index (Phi) is 4.84. The van der Waals surface area contributed by atoms with Crippen LogP contribution < -0.4 is 5.56 Å². The van der Waals surface area contributed by atoms with Crippen molar-refractivity contribution in [3.63, 3.8) is 0 Å². The fourth-order valence-electron chi connectivity index (χ4n) is 3.82.